The third-order valence-electron chi connectivity index (χ3n) is 3.78. The van der Waals surface area contributed by atoms with E-state index in [2.05, 4.69) is 18.0 Å². The third-order valence-corrected chi connectivity index (χ3v) is 3.78. The number of hydrogen-bond donors (Lipinski definition) is 1. The SMILES string of the molecule is CCc1cnccc1C(N)CC1CCCC1. The quantitative estimate of drug-likeness (QED) is 0.842. The molecule has 1 aromatic heterocycles. The van der Waals surface area contributed by atoms with E-state index in [1.165, 1.54) is 36.8 Å². The van der Waals surface area contributed by atoms with Crippen LogP contribution in [0.15, 0.2) is 18.5 Å². The summed E-state index contributed by atoms with van der Waals surface area (Å²) in [4.78, 5) is 4.17. The first-order valence-corrected chi connectivity index (χ1v) is 6.49. The zero-order chi connectivity index (χ0) is 11.4. The Bertz CT molecular complexity index is 329. The predicted octanol–water partition coefficient (Wildman–Crippen LogP) is 3.22. The van der Waals surface area contributed by atoms with E-state index in [0.717, 1.165) is 18.8 Å². The van der Waals surface area contributed by atoms with Crippen LogP contribution >= 0.6 is 0 Å². The van der Waals surface area contributed by atoms with Crippen molar-refractivity contribution in [1.82, 2.24) is 4.98 Å². The first-order valence-electron chi connectivity index (χ1n) is 6.49. The van der Waals surface area contributed by atoms with Crippen molar-refractivity contribution >= 4 is 0 Å². The molecule has 1 aromatic rings. The van der Waals surface area contributed by atoms with Gasteiger partial charge >= 0.3 is 0 Å². The second kappa shape index (κ2) is 5.44. The van der Waals surface area contributed by atoms with Gasteiger partial charge in [-0.05, 0) is 36.0 Å². The lowest BCUT2D eigenvalue weighted by molar-refractivity contribution is 0.449. The summed E-state index contributed by atoms with van der Waals surface area (Å²) >= 11 is 0. The molecule has 2 rings (SSSR count). The monoisotopic (exact) mass is 218 g/mol. The molecule has 0 bridgehead atoms. The van der Waals surface area contributed by atoms with Crippen molar-refractivity contribution in [3.63, 3.8) is 0 Å². The molecule has 0 aliphatic heterocycles. The number of nitrogens with two attached hydrogens (primary N) is 1. The Hall–Kier alpha value is -0.890. The summed E-state index contributed by atoms with van der Waals surface area (Å²) in [5.74, 6) is 0.855. The smallest absolute Gasteiger partial charge is 0.0303 e. The van der Waals surface area contributed by atoms with Crippen molar-refractivity contribution in [2.24, 2.45) is 11.7 Å². The lowest BCUT2D eigenvalue weighted by Gasteiger charge is -2.18. The molecule has 1 heterocycles. The first kappa shape index (κ1) is 11.6. The molecule has 2 N–H and O–H groups in total. The highest BCUT2D eigenvalue weighted by atomic mass is 14.7. The molecule has 2 nitrogen and oxygen atoms in total. The minimum Gasteiger partial charge on any atom is -0.324 e. The standard InChI is InChI=1S/C14H22N2/c1-2-12-10-16-8-7-13(12)14(15)9-11-5-3-4-6-11/h7-8,10-11,14H,2-6,9,15H2,1H3. The topological polar surface area (TPSA) is 38.9 Å². The first-order chi connectivity index (χ1) is 7.81. The van der Waals surface area contributed by atoms with Gasteiger partial charge in [-0.1, -0.05) is 32.6 Å². The van der Waals surface area contributed by atoms with Crippen molar-refractivity contribution in [3.8, 4) is 0 Å². The predicted molar refractivity (Wildman–Crippen MR) is 67.1 cm³/mol. The van der Waals surface area contributed by atoms with Crippen LogP contribution in [0.5, 0.6) is 0 Å². The molecule has 1 saturated carbocycles. The lowest BCUT2D eigenvalue weighted by Crippen LogP contribution is -2.16. The highest BCUT2D eigenvalue weighted by Crippen LogP contribution is 2.32. The molecule has 88 valence electrons. The van der Waals surface area contributed by atoms with Crippen LogP contribution in [0, 0.1) is 5.92 Å². The van der Waals surface area contributed by atoms with Gasteiger partial charge in [0.1, 0.15) is 0 Å². The van der Waals surface area contributed by atoms with Gasteiger partial charge in [0.05, 0.1) is 0 Å². The molecule has 0 saturated heterocycles. The molecule has 1 fully saturated rings. The summed E-state index contributed by atoms with van der Waals surface area (Å²) in [5.41, 5.74) is 8.95. The van der Waals surface area contributed by atoms with Crippen LogP contribution in [0.4, 0.5) is 0 Å². The Balaban J connectivity index is 2.04. The van der Waals surface area contributed by atoms with Crippen LogP contribution in [0.25, 0.3) is 0 Å². The average Bonchev–Trinajstić information content (AvgIpc) is 2.81. The van der Waals surface area contributed by atoms with Crippen LogP contribution in [-0.4, -0.2) is 4.98 Å². The van der Waals surface area contributed by atoms with Crippen LogP contribution in [0.3, 0.4) is 0 Å². The molecule has 1 aliphatic carbocycles. The van der Waals surface area contributed by atoms with E-state index in [4.69, 9.17) is 5.73 Å². The molecule has 0 amide bonds. The zero-order valence-corrected chi connectivity index (χ0v) is 10.2. The van der Waals surface area contributed by atoms with Crippen molar-refractivity contribution in [2.45, 2.75) is 51.5 Å². The number of rotatable bonds is 4. The molecule has 1 unspecified atom stereocenters. The lowest BCUT2D eigenvalue weighted by atomic mass is 9.92. The number of nitrogens with zero attached hydrogens (tertiary/aromatic N) is 1. The number of aromatic nitrogens is 1. The summed E-state index contributed by atoms with van der Waals surface area (Å²) in [6.07, 6.45) is 11.6. The molecular formula is C14H22N2. The molecule has 0 spiro atoms. The Morgan fingerprint density at radius 3 is 2.88 bits per heavy atom. The van der Waals surface area contributed by atoms with Crippen LogP contribution in [0.1, 0.15) is 56.2 Å². The summed E-state index contributed by atoms with van der Waals surface area (Å²) in [6.45, 7) is 2.17. The Kier molecular flexibility index (Phi) is 3.94. The fourth-order valence-corrected chi connectivity index (χ4v) is 2.83. The summed E-state index contributed by atoms with van der Waals surface area (Å²) in [5, 5.41) is 0. The van der Waals surface area contributed by atoms with Gasteiger partial charge in [0.2, 0.25) is 0 Å². The van der Waals surface area contributed by atoms with Gasteiger partial charge in [-0.15, -0.1) is 0 Å². The van der Waals surface area contributed by atoms with Gasteiger partial charge in [0, 0.05) is 18.4 Å². The minimum absolute atomic E-state index is 0.209. The summed E-state index contributed by atoms with van der Waals surface area (Å²) in [6, 6.07) is 2.30. The van der Waals surface area contributed by atoms with Crippen molar-refractivity contribution in [2.75, 3.05) is 0 Å². The number of hydrogen-bond acceptors (Lipinski definition) is 2. The molecule has 1 atom stereocenters. The average molecular weight is 218 g/mol. The maximum atomic E-state index is 6.32. The Morgan fingerprint density at radius 2 is 2.19 bits per heavy atom. The number of pyridine rings is 1. The molecule has 0 radical (unpaired) electrons. The second-order valence-electron chi connectivity index (χ2n) is 4.92. The molecule has 0 aromatic carbocycles. The molecular weight excluding hydrogens is 196 g/mol. The van der Waals surface area contributed by atoms with E-state index in [9.17, 15) is 0 Å². The fourth-order valence-electron chi connectivity index (χ4n) is 2.83. The molecule has 1 aliphatic rings. The van der Waals surface area contributed by atoms with Crippen molar-refractivity contribution in [3.05, 3.63) is 29.6 Å². The van der Waals surface area contributed by atoms with Crippen LogP contribution < -0.4 is 5.73 Å². The van der Waals surface area contributed by atoms with E-state index in [1.54, 1.807) is 0 Å². The molecule has 2 heteroatoms. The second-order valence-corrected chi connectivity index (χ2v) is 4.92. The highest BCUT2D eigenvalue weighted by Gasteiger charge is 2.20. The highest BCUT2D eigenvalue weighted by molar-refractivity contribution is 5.26. The van der Waals surface area contributed by atoms with Crippen LogP contribution in [-0.2, 0) is 6.42 Å². The van der Waals surface area contributed by atoms with E-state index in [-0.39, 0.29) is 6.04 Å². The van der Waals surface area contributed by atoms with E-state index in [1.807, 2.05) is 12.4 Å². The minimum atomic E-state index is 0.209. The van der Waals surface area contributed by atoms with Gasteiger partial charge in [-0.2, -0.15) is 0 Å². The van der Waals surface area contributed by atoms with Gasteiger partial charge in [0.25, 0.3) is 0 Å². The normalized spacial score (nSPS) is 18.9. The van der Waals surface area contributed by atoms with E-state index >= 15 is 0 Å². The Morgan fingerprint density at radius 1 is 1.44 bits per heavy atom. The van der Waals surface area contributed by atoms with Crippen molar-refractivity contribution in [1.29, 1.82) is 0 Å². The number of aryl methyl sites for hydroxylation is 1. The zero-order valence-electron chi connectivity index (χ0n) is 10.2. The maximum absolute atomic E-state index is 6.32. The van der Waals surface area contributed by atoms with Crippen LogP contribution in [0.2, 0.25) is 0 Å². The fraction of sp³-hybridized carbons (Fsp3) is 0.643. The van der Waals surface area contributed by atoms with Gasteiger partial charge in [0.15, 0.2) is 0 Å². The third kappa shape index (κ3) is 2.62. The van der Waals surface area contributed by atoms with Crippen molar-refractivity contribution < 1.29 is 0 Å². The van der Waals surface area contributed by atoms with E-state index in [0.29, 0.717) is 0 Å². The summed E-state index contributed by atoms with van der Waals surface area (Å²) < 4.78 is 0. The largest absolute Gasteiger partial charge is 0.324 e. The van der Waals surface area contributed by atoms with Gasteiger partial charge in [-0.25, -0.2) is 0 Å². The van der Waals surface area contributed by atoms with E-state index < -0.39 is 0 Å². The summed E-state index contributed by atoms with van der Waals surface area (Å²) in [7, 11) is 0. The van der Waals surface area contributed by atoms with Gasteiger partial charge < -0.3 is 5.73 Å². The van der Waals surface area contributed by atoms with Gasteiger partial charge in [-0.3, -0.25) is 4.98 Å². The molecule has 16 heavy (non-hydrogen) atoms. The maximum Gasteiger partial charge on any atom is 0.0303 e. The Labute approximate surface area is 98.3 Å².